The Morgan fingerprint density at radius 3 is 2.11 bits per heavy atom. The number of carbonyl (C=O) groups is 3. The minimum absolute atomic E-state index is 0.130. The van der Waals surface area contributed by atoms with Crippen LogP contribution < -0.4 is 10.6 Å². The Balaban J connectivity index is 2.01. The van der Waals surface area contributed by atoms with Crippen molar-refractivity contribution in [2.24, 2.45) is 0 Å². The van der Waals surface area contributed by atoms with Crippen LogP contribution in [0.4, 0.5) is 16.2 Å². The third kappa shape index (κ3) is 10.8. The topological polar surface area (TPSA) is 148 Å². The van der Waals surface area contributed by atoms with Crippen molar-refractivity contribution in [1.82, 2.24) is 4.90 Å². The Hall–Kier alpha value is -4.41. The zero-order valence-electron chi connectivity index (χ0n) is 28.1. The monoisotopic (exact) mass is 647 g/mol. The van der Waals surface area contributed by atoms with Crippen LogP contribution in [-0.2, 0) is 26.5 Å². The SMILES string of the molecule is CCCCCC(=O)N(CCCc1ccccc1)C(=O)CNc1cc(C(O)(O)CC)c(O)c(NC(=O)OC(C)(C)C)c1-c1ccccc1. The Morgan fingerprint density at radius 2 is 1.51 bits per heavy atom. The molecule has 0 aromatic heterocycles. The molecule has 0 fully saturated rings. The number of hydrogen-bond acceptors (Lipinski definition) is 8. The number of nitrogens with zero attached hydrogens (tertiary/aromatic N) is 1. The number of ether oxygens (including phenoxy) is 1. The van der Waals surface area contributed by atoms with Gasteiger partial charge in [-0.2, -0.15) is 0 Å². The fourth-order valence-electron chi connectivity index (χ4n) is 5.14. The minimum Gasteiger partial charge on any atom is -0.505 e. The molecule has 0 saturated heterocycles. The second-order valence-electron chi connectivity index (χ2n) is 12.6. The first-order valence-corrected chi connectivity index (χ1v) is 16.3. The first-order chi connectivity index (χ1) is 22.3. The number of anilines is 2. The third-order valence-electron chi connectivity index (χ3n) is 7.63. The second kappa shape index (κ2) is 16.9. The number of phenols is 1. The molecule has 47 heavy (non-hydrogen) atoms. The van der Waals surface area contributed by atoms with Crippen LogP contribution in [0.5, 0.6) is 5.75 Å². The van der Waals surface area contributed by atoms with E-state index >= 15 is 0 Å². The molecule has 0 saturated carbocycles. The molecule has 254 valence electrons. The first kappa shape index (κ1) is 37.1. The van der Waals surface area contributed by atoms with Crippen LogP contribution >= 0.6 is 0 Å². The van der Waals surface area contributed by atoms with Crippen LogP contribution in [0.25, 0.3) is 11.1 Å². The van der Waals surface area contributed by atoms with Crippen LogP contribution in [0.3, 0.4) is 0 Å². The smallest absolute Gasteiger partial charge is 0.412 e. The molecule has 3 rings (SSSR count). The molecular formula is C37H49N3O7. The van der Waals surface area contributed by atoms with Crippen molar-refractivity contribution in [3.05, 3.63) is 77.9 Å². The van der Waals surface area contributed by atoms with E-state index in [0.29, 0.717) is 30.4 Å². The van der Waals surface area contributed by atoms with Gasteiger partial charge in [0.05, 0.1) is 17.8 Å². The molecule has 0 radical (unpaired) electrons. The summed E-state index contributed by atoms with van der Waals surface area (Å²) in [7, 11) is 0. The highest BCUT2D eigenvalue weighted by molar-refractivity contribution is 6.02. The highest BCUT2D eigenvalue weighted by Gasteiger charge is 2.33. The summed E-state index contributed by atoms with van der Waals surface area (Å²) in [6.07, 6.45) is 2.98. The summed E-state index contributed by atoms with van der Waals surface area (Å²) < 4.78 is 5.44. The fourth-order valence-corrected chi connectivity index (χ4v) is 5.14. The van der Waals surface area contributed by atoms with Crippen molar-refractivity contribution < 1.29 is 34.4 Å². The maximum absolute atomic E-state index is 13.7. The summed E-state index contributed by atoms with van der Waals surface area (Å²) in [5, 5.41) is 38.7. The number of unbranched alkanes of at least 4 members (excludes halogenated alkanes) is 2. The van der Waals surface area contributed by atoms with Gasteiger partial charge in [-0.15, -0.1) is 0 Å². The Morgan fingerprint density at radius 1 is 0.872 bits per heavy atom. The lowest BCUT2D eigenvalue weighted by Crippen LogP contribution is -2.41. The van der Waals surface area contributed by atoms with Gasteiger partial charge in [0.1, 0.15) is 11.4 Å². The van der Waals surface area contributed by atoms with Crippen LogP contribution in [0.1, 0.15) is 84.3 Å². The van der Waals surface area contributed by atoms with Crippen LogP contribution in [0.15, 0.2) is 66.7 Å². The van der Waals surface area contributed by atoms with Crippen molar-refractivity contribution in [1.29, 1.82) is 0 Å². The predicted octanol–water partition coefficient (Wildman–Crippen LogP) is 6.93. The van der Waals surface area contributed by atoms with Crippen LogP contribution in [-0.4, -0.2) is 56.8 Å². The van der Waals surface area contributed by atoms with Gasteiger partial charge in [0.2, 0.25) is 11.8 Å². The van der Waals surface area contributed by atoms with E-state index in [0.717, 1.165) is 18.4 Å². The van der Waals surface area contributed by atoms with Gasteiger partial charge in [0.25, 0.3) is 0 Å². The number of hydrogen-bond donors (Lipinski definition) is 5. The molecule has 0 spiro atoms. The summed E-state index contributed by atoms with van der Waals surface area (Å²) >= 11 is 0. The number of rotatable bonds is 15. The van der Waals surface area contributed by atoms with E-state index < -0.39 is 29.1 Å². The zero-order valence-corrected chi connectivity index (χ0v) is 28.1. The standard InChI is InChI=1S/C37H49N3O7/c1-6-8-11-22-30(41)40(23-16-19-26-17-12-9-13-18-26)31(42)25-38-29-24-28(37(45,46)7-2)34(43)33(39-35(44)47-36(3,4)5)32(29)27-20-14-10-15-21-27/h9-10,12-15,17-18,20-21,24,38,43,45-46H,6-8,11,16,19,22-23,25H2,1-5H3,(H,39,44). The molecule has 0 aliphatic heterocycles. The number of carbonyl (C=O) groups excluding carboxylic acids is 3. The van der Waals surface area contributed by atoms with E-state index in [1.807, 2.05) is 37.3 Å². The number of aryl methyl sites for hydroxylation is 1. The number of benzene rings is 3. The van der Waals surface area contributed by atoms with Gasteiger partial charge in [-0.05, 0) is 57.2 Å². The van der Waals surface area contributed by atoms with E-state index in [9.17, 15) is 29.7 Å². The summed E-state index contributed by atoms with van der Waals surface area (Å²) in [5.74, 6) is -3.74. The number of amides is 3. The van der Waals surface area contributed by atoms with Crippen molar-refractivity contribution in [3.8, 4) is 16.9 Å². The lowest BCUT2D eigenvalue weighted by molar-refractivity contribution is -0.172. The molecule has 0 bridgehead atoms. The summed E-state index contributed by atoms with van der Waals surface area (Å²) in [6, 6.07) is 20.0. The Kier molecular flexibility index (Phi) is 13.4. The Labute approximate surface area is 277 Å². The lowest BCUT2D eigenvalue weighted by Gasteiger charge is -2.28. The molecule has 3 amide bonds. The number of imide groups is 1. The average molecular weight is 648 g/mol. The summed E-state index contributed by atoms with van der Waals surface area (Å²) in [5.41, 5.74) is 0.924. The molecule has 3 aromatic carbocycles. The van der Waals surface area contributed by atoms with Crippen molar-refractivity contribution in [3.63, 3.8) is 0 Å². The van der Waals surface area contributed by atoms with E-state index in [1.165, 1.54) is 17.9 Å². The molecule has 0 heterocycles. The van der Waals surface area contributed by atoms with E-state index in [1.54, 1.807) is 51.1 Å². The van der Waals surface area contributed by atoms with Crippen molar-refractivity contribution in [2.45, 2.75) is 91.0 Å². The lowest BCUT2D eigenvalue weighted by atomic mass is 9.93. The van der Waals surface area contributed by atoms with Gasteiger partial charge in [-0.25, -0.2) is 4.79 Å². The molecule has 10 nitrogen and oxygen atoms in total. The van der Waals surface area contributed by atoms with E-state index in [4.69, 9.17) is 4.74 Å². The molecule has 0 aliphatic carbocycles. The zero-order chi connectivity index (χ0) is 34.6. The van der Waals surface area contributed by atoms with Gasteiger partial charge in [0, 0.05) is 30.6 Å². The molecular weight excluding hydrogens is 598 g/mol. The minimum atomic E-state index is -2.47. The molecule has 10 heteroatoms. The van der Waals surface area contributed by atoms with Crippen LogP contribution in [0.2, 0.25) is 0 Å². The maximum Gasteiger partial charge on any atom is 0.412 e. The fraction of sp³-hybridized carbons (Fsp3) is 0.432. The molecule has 0 unspecified atom stereocenters. The van der Waals surface area contributed by atoms with Crippen molar-refractivity contribution >= 4 is 29.3 Å². The Bertz CT molecular complexity index is 1490. The van der Waals surface area contributed by atoms with Gasteiger partial charge in [-0.1, -0.05) is 87.4 Å². The first-order valence-electron chi connectivity index (χ1n) is 16.3. The number of phenolic OH excluding ortho intramolecular Hbond substituents is 1. The maximum atomic E-state index is 13.7. The normalized spacial score (nSPS) is 11.6. The van der Waals surface area contributed by atoms with Gasteiger partial charge < -0.3 is 25.4 Å². The third-order valence-corrected chi connectivity index (χ3v) is 7.63. The molecule has 0 aliphatic rings. The van der Waals surface area contributed by atoms with E-state index in [2.05, 4.69) is 10.6 Å². The largest absolute Gasteiger partial charge is 0.505 e. The quantitative estimate of drug-likeness (QED) is 0.0516. The van der Waals surface area contributed by atoms with Crippen LogP contribution in [0, 0.1) is 0 Å². The number of nitrogens with one attached hydrogen (secondary N) is 2. The average Bonchev–Trinajstić information content (AvgIpc) is 3.03. The van der Waals surface area contributed by atoms with Gasteiger partial charge in [-0.3, -0.25) is 19.8 Å². The summed E-state index contributed by atoms with van der Waals surface area (Å²) in [4.78, 5) is 41.2. The number of aliphatic hydroxyl groups is 2. The van der Waals surface area contributed by atoms with E-state index in [-0.39, 0.29) is 48.8 Å². The highest BCUT2D eigenvalue weighted by Crippen LogP contribution is 2.47. The van der Waals surface area contributed by atoms with Gasteiger partial charge in [0.15, 0.2) is 5.79 Å². The summed E-state index contributed by atoms with van der Waals surface area (Å²) in [6.45, 7) is 8.58. The molecule has 5 N–H and O–H groups in total. The predicted molar refractivity (Wildman–Crippen MR) is 184 cm³/mol. The van der Waals surface area contributed by atoms with Gasteiger partial charge >= 0.3 is 6.09 Å². The van der Waals surface area contributed by atoms with Crippen molar-refractivity contribution in [2.75, 3.05) is 23.7 Å². The highest BCUT2D eigenvalue weighted by atomic mass is 16.6. The second-order valence-corrected chi connectivity index (χ2v) is 12.6. The number of aromatic hydroxyl groups is 1. The molecule has 3 aromatic rings. The molecule has 0 atom stereocenters.